The molecule has 0 N–H and O–H groups in total. The molecule has 0 radical (unpaired) electrons. The molecule has 1 aromatic rings. The first kappa shape index (κ1) is 19.3. The number of ether oxygens (including phenoxy) is 3. The molecule has 1 aliphatic rings. The lowest BCUT2D eigenvalue weighted by molar-refractivity contribution is -0.141. The fourth-order valence-electron chi connectivity index (χ4n) is 2.40. The zero-order chi connectivity index (χ0) is 19.5. The molecule has 0 atom stereocenters. The second kappa shape index (κ2) is 7.45. The first-order valence-corrected chi connectivity index (χ1v) is 7.11. The van der Waals surface area contributed by atoms with Gasteiger partial charge in [0.15, 0.2) is 0 Å². The van der Waals surface area contributed by atoms with Gasteiger partial charge in [0.2, 0.25) is 0 Å². The monoisotopic (exact) mass is 370 g/mol. The number of hydrogen-bond donors (Lipinski definition) is 0. The van der Waals surface area contributed by atoms with Crippen LogP contribution in [0.15, 0.2) is 29.5 Å². The molecule has 7 nitrogen and oxygen atoms in total. The normalized spacial score (nSPS) is 14.7. The van der Waals surface area contributed by atoms with E-state index in [1.54, 1.807) is 6.07 Å². The summed E-state index contributed by atoms with van der Waals surface area (Å²) in [6.07, 6.45) is -4.81. The van der Waals surface area contributed by atoms with E-state index in [0.29, 0.717) is 6.07 Å². The Labute approximate surface area is 146 Å². The predicted molar refractivity (Wildman–Crippen MR) is 80.5 cm³/mol. The van der Waals surface area contributed by atoms with Crippen molar-refractivity contribution >= 4 is 17.6 Å². The SMILES string of the molecule is COC(=O)C1=C(C(=O)OC)N(c2ccc(C#N)cc2C(F)(F)F)COC1. The lowest BCUT2D eigenvalue weighted by Crippen LogP contribution is -2.39. The minimum Gasteiger partial charge on any atom is -0.466 e. The number of methoxy groups -OCH3 is 2. The fraction of sp³-hybridized carbons (Fsp3) is 0.312. The third kappa shape index (κ3) is 3.62. The number of benzene rings is 1. The minimum atomic E-state index is -4.81. The van der Waals surface area contributed by atoms with Crippen LogP contribution in [0.1, 0.15) is 11.1 Å². The zero-order valence-electron chi connectivity index (χ0n) is 13.7. The molecule has 1 heterocycles. The smallest absolute Gasteiger partial charge is 0.418 e. The summed E-state index contributed by atoms with van der Waals surface area (Å²) >= 11 is 0. The molecule has 0 spiro atoms. The topological polar surface area (TPSA) is 88.9 Å². The Bertz CT molecular complexity index is 811. The fourth-order valence-corrected chi connectivity index (χ4v) is 2.40. The average molecular weight is 370 g/mol. The summed E-state index contributed by atoms with van der Waals surface area (Å²) in [6.45, 7) is -0.759. The van der Waals surface area contributed by atoms with E-state index in [4.69, 9.17) is 10.00 Å². The number of rotatable bonds is 3. The maximum absolute atomic E-state index is 13.5. The number of esters is 2. The highest BCUT2D eigenvalue weighted by Crippen LogP contribution is 2.39. The van der Waals surface area contributed by atoms with Crippen LogP contribution in [0.2, 0.25) is 0 Å². The second-order valence-electron chi connectivity index (χ2n) is 5.06. The predicted octanol–water partition coefficient (Wildman–Crippen LogP) is 1.97. The lowest BCUT2D eigenvalue weighted by atomic mass is 10.1. The molecule has 1 aliphatic heterocycles. The Balaban J connectivity index is 2.71. The van der Waals surface area contributed by atoms with E-state index in [1.807, 2.05) is 0 Å². The number of carbonyl (C=O) groups is 2. The number of halogens is 3. The van der Waals surface area contributed by atoms with Crippen LogP contribution in [0.25, 0.3) is 0 Å². The lowest BCUT2D eigenvalue weighted by Gasteiger charge is -2.32. The van der Waals surface area contributed by atoms with Crippen molar-refractivity contribution < 1.29 is 37.0 Å². The second-order valence-corrected chi connectivity index (χ2v) is 5.06. The highest BCUT2D eigenvalue weighted by Gasteiger charge is 2.39. The van der Waals surface area contributed by atoms with Crippen molar-refractivity contribution in [2.24, 2.45) is 0 Å². The summed E-state index contributed by atoms with van der Waals surface area (Å²) < 4.78 is 54.7. The molecule has 0 saturated heterocycles. The first-order valence-electron chi connectivity index (χ1n) is 7.11. The van der Waals surface area contributed by atoms with Gasteiger partial charge in [0.1, 0.15) is 12.4 Å². The number of hydrogen-bond acceptors (Lipinski definition) is 7. The van der Waals surface area contributed by atoms with Crippen LogP contribution < -0.4 is 4.90 Å². The maximum Gasteiger partial charge on any atom is 0.418 e. The van der Waals surface area contributed by atoms with Gasteiger partial charge in [0.05, 0.1) is 49.3 Å². The quantitative estimate of drug-likeness (QED) is 0.752. The van der Waals surface area contributed by atoms with Crippen LogP contribution in [0.4, 0.5) is 18.9 Å². The van der Waals surface area contributed by atoms with Gasteiger partial charge < -0.3 is 19.1 Å². The Kier molecular flexibility index (Phi) is 5.52. The van der Waals surface area contributed by atoms with Gasteiger partial charge in [-0.2, -0.15) is 18.4 Å². The summed E-state index contributed by atoms with van der Waals surface area (Å²) in [5.74, 6) is -1.96. The van der Waals surface area contributed by atoms with Crippen molar-refractivity contribution in [2.75, 3.05) is 32.5 Å². The summed E-state index contributed by atoms with van der Waals surface area (Å²) in [4.78, 5) is 24.9. The van der Waals surface area contributed by atoms with E-state index in [0.717, 1.165) is 31.3 Å². The van der Waals surface area contributed by atoms with E-state index in [1.165, 1.54) is 0 Å². The highest BCUT2D eigenvalue weighted by atomic mass is 19.4. The summed E-state index contributed by atoms with van der Waals surface area (Å²) in [5, 5.41) is 8.85. The average Bonchev–Trinajstić information content (AvgIpc) is 2.64. The molecule has 2 rings (SSSR count). The van der Waals surface area contributed by atoms with Crippen LogP contribution in [-0.2, 0) is 30.0 Å². The Morgan fingerprint density at radius 1 is 1.23 bits per heavy atom. The van der Waals surface area contributed by atoms with E-state index in [-0.39, 0.29) is 17.7 Å². The molecule has 0 bridgehead atoms. The van der Waals surface area contributed by atoms with Crippen molar-refractivity contribution in [3.05, 3.63) is 40.6 Å². The van der Waals surface area contributed by atoms with Gasteiger partial charge in [-0.1, -0.05) is 0 Å². The molecule has 10 heteroatoms. The van der Waals surface area contributed by atoms with Crippen LogP contribution in [-0.4, -0.2) is 39.5 Å². The molecule has 138 valence electrons. The maximum atomic E-state index is 13.5. The van der Waals surface area contributed by atoms with Crippen molar-refractivity contribution in [3.63, 3.8) is 0 Å². The van der Waals surface area contributed by atoms with Gasteiger partial charge in [0, 0.05) is 0 Å². The van der Waals surface area contributed by atoms with Gasteiger partial charge in [-0.15, -0.1) is 0 Å². The van der Waals surface area contributed by atoms with E-state index in [2.05, 4.69) is 9.47 Å². The molecule has 26 heavy (non-hydrogen) atoms. The van der Waals surface area contributed by atoms with Crippen molar-refractivity contribution in [1.29, 1.82) is 5.26 Å². The number of anilines is 1. The largest absolute Gasteiger partial charge is 0.466 e. The Morgan fingerprint density at radius 3 is 2.42 bits per heavy atom. The number of alkyl halides is 3. The third-order valence-corrected chi connectivity index (χ3v) is 3.55. The van der Waals surface area contributed by atoms with Gasteiger partial charge in [-0.05, 0) is 18.2 Å². The number of carbonyl (C=O) groups excluding carboxylic acids is 2. The summed E-state index contributed by atoms with van der Waals surface area (Å²) in [5.41, 5.74) is -2.52. The molecule has 0 amide bonds. The van der Waals surface area contributed by atoms with Crippen LogP contribution in [0, 0.1) is 11.3 Å². The third-order valence-electron chi connectivity index (χ3n) is 3.55. The van der Waals surface area contributed by atoms with E-state index in [9.17, 15) is 22.8 Å². The van der Waals surface area contributed by atoms with Crippen molar-refractivity contribution in [2.45, 2.75) is 6.18 Å². The first-order chi connectivity index (χ1) is 12.2. The zero-order valence-corrected chi connectivity index (χ0v) is 13.7. The van der Waals surface area contributed by atoms with Gasteiger partial charge in [-0.25, -0.2) is 9.59 Å². The Morgan fingerprint density at radius 2 is 1.88 bits per heavy atom. The molecule has 0 unspecified atom stereocenters. The number of nitriles is 1. The summed E-state index contributed by atoms with van der Waals surface area (Å²) in [7, 11) is 2.09. The molecule has 0 fully saturated rings. The van der Waals surface area contributed by atoms with Crippen molar-refractivity contribution in [3.8, 4) is 6.07 Å². The van der Waals surface area contributed by atoms with Crippen molar-refractivity contribution in [1.82, 2.24) is 0 Å². The van der Waals surface area contributed by atoms with Crippen LogP contribution in [0.3, 0.4) is 0 Å². The molecule has 0 saturated carbocycles. The minimum absolute atomic E-state index is 0.212. The van der Waals surface area contributed by atoms with Gasteiger partial charge in [-0.3, -0.25) is 0 Å². The standard InChI is InChI=1S/C16H13F3N2O5/c1-24-14(22)10-7-26-8-21(13(10)15(23)25-2)12-4-3-9(6-20)5-11(12)16(17,18)19/h3-5H,7-8H2,1-2H3. The van der Waals surface area contributed by atoms with Crippen LogP contribution >= 0.6 is 0 Å². The highest BCUT2D eigenvalue weighted by molar-refractivity contribution is 6.03. The van der Waals surface area contributed by atoms with E-state index >= 15 is 0 Å². The Hall–Kier alpha value is -3.06. The molecular formula is C16H13F3N2O5. The van der Waals surface area contributed by atoms with Crippen LogP contribution in [0.5, 0.6) is 0 Å². The number of nitrogens with zero attached hydrogens (tertiary/aromatic N) is 2. The van der Waals surface area contributed by atoms with Gasteiger partial charge >= 0.3 is 18.1 Å². The van der Waals surface area contributed by atoms with E-state index < -0.39 is 41.8 Å². The van der Waals surface area contributed by atoms with Gasteiger partial charge in [0.25, 0.3) is 0 Å². The molecular weight excluding hydrogens is 357 g/mol. The summed E-state index contributed by atoms with van der Waals surface area (Å²) in [6, 6.07) is 4.45. The molecule has 0 aromatic heterocycles. The molecule has 0 aliphatic carbocycles. The molecule has 1 aromatic carbocycles.